The number of amides is 2. The molecule has 3 aromatic rings. The summed E-state index contributed by atoms with van der Waals surface area (Å²) in [6.45, 7) is 0. The number of carbonyl (C=O) groups excluding carboxylic acids is 2. The minimum atomic E-state index is -0.109. The SMILES string of the molecule is O=C(CCc1ccccc1)Nc1ccc(NC(=O)Cc2ccc(Cl)cc2)cc1. The van der Waals surface area contributed by atoms with E-state index in [1.165, 1.54) is 0 Å². The molecular formula is C23H21ClN2O2. The molecule has 0 saturated heterocycles. The molecule has 2 N–H and O–H groups in total. The summed E-state index contributed by atoms with van der Waals surface area (Å²) >= 11 is 5.85. The molecule has 0 aliphatic heterocycles. The van der Waals surface area contributed by atoms with Gasteiger partial charge in [0.2, 0.25) is 11.8 Å². The monoisotopic (exact) mass is 392 g/mol. The highest BCUT2D eigenvalue weighted by Gasteiger charge is 2.06. The topological polar surface area (TPSA) is 58.2 Å². The number of carbonyl (C=O) groups is 2. The molecule has 0 heterocycles. The smallest absolute Gasteiger partial charge is 0.228 e. The summed E-state index contributed by atoms with van der Waals surface area (Å²) in [4.78, 5) is 24.2. The Kier molecular flexibility index (Phi) is 6.82. The number of nitrogens with one attached hydrogen (secondary N) is 2. The van der Waals surface area contributed by atoms with Crippen LogP contribution in [0.4, 0.5) is 11.4 Å². The summed E-state index contributed by atoms with van der Waals surface area (Å²) in [5, 5.41) is 6.37. The zero-order chi connectivity index (χ0) is 19.8. The van der Waals surface area contributed by atoms with Crippen molar-refractivity contribution < 1.29 is 9.59 Å². The summed E-state index contributed by atoms with van der Waals surface area (Å²) in [6.07, 6.45) is 1.39. The second-order valence-corrected chi connectivity index (χ2v) is 6.90. The molecule has 5 heteroatoms. The Morgan fingerprint density at radius 1 is 0.679 bits per heavy atom. The van der Waals surface area contributed by atoms with Gasteiger partial charge in [-0.2, -0.15) is 0 Å². The lowest BCUT2D eigenvalue weighted by Crippen LogP contribution is -2.15. The van der Waals surface area contributed by atoms with Gasteiger partial charge < -0.3 is 10.6 Å². The molecule has 3 rings (SSSR count). The van der Waals surface area contributed by atoms with Crippen molar-refractivity contribution in [2.45, 2.75) is 19.3 Å². The van der Waals surface area contributed by atoms with Gasteiger partial charge in [0.05, 0.1) is 6.42 Å². The number of hydrogen-bond acceptors (Lipinski definition) is 2. The molecule has 0 aliphatic carbocycles. The van der Waals surface area contributed by atoms with Gasteiger partial charge in [0.25, 0.3) is 0 Å². The van der Waals surface area contributed by atoms with Crippen LogP contribution in [0.5, 0.6) is 0 Å². The Morgan fingerprint density at radius 2 is 1.25 bits per heavy atom. The second kappa shape index (κ2) is 9.72. The van der Waals surface area contributed by atoms with E-state index in [4.69, 9.17) is 11.6 Å². The Balaban J connectivity index is 1.46. The number of hydrogen-bond donors (Lipinski definition) is 2. The minimum Gasteiger partial charge on any atom is -0.326 e. The molecule has 4 nitrogen and oxygen atoms in total. The zero-order valence-corrected chi connectivity index (χ0v) is 16.1. The molecule has 0 bridgehead atoms. The quantitative estimate of drug-likeness (QED) is 0.588. The fourth-order valence-corrected chi connectivity index (χ4v) is 2.88. The van der Waals surface area contributed by atoms with E-state index in [-0.39, 0.29) is 18.2 Å². The minimum absolute atomic E-state index is 0.0385. The van der Waals surface area contributed by atoms with Gasteiger partial charge >= 0.3 is 0 Å². The van der Waals surface area contributed by atoms with Crippen LogP contribution in [0.3, 0.4) is 0 Å². The van der Waals surface area contributed by atoms with Gasteiger partial charge in [0, 0.05) is 22.8 Å². The molecule has 2 amide bonds. The van der Waals surface area contributed by atoms with Crippen molar-refractivity contribution in [3.8, 4) is 0 Å². The van der Waals surface area contributed by atoms with Crippen LogP contribution in [0.25, 0.3) is 0 Å². The maximum absolute atomic E-state index is 12.1. The lowest BCUT2D eigenvalue weighted by Gasteiger charge is -2.08. The first kappa shape index (κ1) is 19.6. The number of aryl methyl sites for hydroxylation is 1. The van der Waals surface area contributed by atoms with E-state index in [0.717, 1.165) is 11.1 Å². The summed E-state index contributed by atoms with van der Waals surface area (Å²) in [5.74, 6) is -0.148. The van der Waals surface area contributed by atoms with Crippen LogP contribution in [0.2, 0.25) is 5.02 Å². The van der Waals surface area contributed by atoms with Crippen molar-refractivity contribution in [3.05, 3.63) is 95.0 Å². The lowest BCUT2D eigenvalue weighted by atomic mass is 10.1. The van der Waals surface area contributed by atoms with Crippen molar-refractivity contribution in [1.82, 2.24) is 0 Å². The predicted octanol–water partition coefficient (Wildman–Crippen LogP) is 5.09. The molecule has 28 heavy (non-hydrogen) atoms. The van der Waals surface area contributed by atoms with E-state index in [1.54, 1.807) is 36.4 Å². The maximum atomic E-state index is 12.1. The third kappa shape index (κ3) is 6.25. The van der Waals surface area contributed by atoms with Crippen LogP contribution in [-0.4, -0.2) is 11.8 Å². The highest BCUT2D eigenvalue weighted by Crippen LogP contribution is 2.15. The fourth-order valence-electron chi connectivity index (χ4n) is 2.76. The van der Waals surface area contributed by atoms with Crippen molar-refractivity contribution in [2.75, 3.05) is 10.6 Å². The van der Waals surface area contributed by atoms with Gasteiger partial charge in [-0.1, -0.05) is 54.1 Å². The standard InChI is InChI=1S/C23H21ClN2O2/c24-19-9-6-18(7-10-19)16-23(28)26-21-13-11-20(12-14-21)25-22(27)15-8-17-4-2-1-3-5-17/h1-7,9-14H,8,15-16H2,(H,25,27)(H,26,28). The number of rotatable bonds is 7. The van der Waals surface area contributed by atoms with Gasteiger partial charge in [-0.05, 0) is 53.9 Å². The average Bonchev–Trinajstić information content (AvgIpc) is 2.70. The molecular weight excluding hydrogens is 372 g/mol. The van der Waals surface area contributed by atoms with Crippen molar-refractivity contribution in [2.24, 2.45) is 0 Å². The normalized spacial score (nSPS) is 10.3. The van der Waals surface area contributed by atoms with Crippen LogP contribution in [-0.2, 0) is 22.4 Å². The Morgan fingerprint density at radius 3 is 1.86 bits per heavy atom. The fraction of sp³-hybridized carbons (Fsp3) is 0.130. The van der Waals surface area contributed by atoms with E-state index < -0.39 is 0 Å². The number of halogens is 1. The average molecular weight is 393 g/mol. The van der Waals surface area contributed by atoms with E-state index in [1.807, 2.05) is 42.5 Å². The summed E-state index contributed by atoms with van der Waals surface area (Å²) in [6, 6.07) is 24.2. The number of benzene rings is 3. The van der Waals surface area contributed by atoms with Crippen LogP contribution in [0.15, 0.2) is 78.9 Å². The molecule has 0 aliphatic rings. The van der Waals surface area contributed by atoms with Gasteiger partial charge in [0.1, 0.15) is 0 Å². The molecule has 0 fully saturated rings. The largest absolute Gasteiger partial charge is 0.326 e. The van der Waals surface area contributed by atoms with Gasteiger partial charge in [0.15, 0.2) is 0 Å². The van der Waals surface area contributed by atoms with E-state index in [9.17, 15) is 9.59 Å². The Bertz CT molecular complexity index is 923. The van der Waals surface area contributed by atoms with Crippen molar-refractivity contribution >= 4 is 34.8 Å². The second-order valence-electron chi connectivity index (χ2n) is 6.46. The highest BCUT2D eigenvalue weighted by atomic mass is 35.5. The first-order valence-electron chi connectivity index (χ1n) is 9.06. The van der Waals surface area contributed by atoms with Crippen LogP contribution >= 0.6 is 11.6 Å². The van der Waals surface area contributed by atoms with Gasteiger partial charge in [-0.3, -0.25) is 9.59 Å². The van der Waals surface area contributed by atoms with Crippen LogP contribution in [0, 0.1) is 0 Å². The lowest BCUT2D eigenvalue weighted by molar-refractivity contribution is -0.116. The van der Waals surface area contributed by atoms with Crippen molar-refractivity contribution in [3.63, 3.8) is 0 Å². The molecule has 3 aromatic carbocycles. The molecule has 0 saturated carbocycles. The molecule has 0 aromatic heterocycles. The third-order valence-electron chi connectivity index (χ3n) is 4.21. The number of anilines is 2. The van der Waals surface area contributed by atoms with E-state index in [2.05, 4.69) is 10.6 Å². The van der Waals surface area contributed by atoms with Gasteiger partial charge in [-0.15, -0.1) is 0 Å². The van der Waals surface area contributed by atoms with Crippen LogP contribution in [0.1, 0.15) is 17.5 Å². The molecule has 0 unspecified atom stereocenters. The highest BCUT2D eigenvalue weighted by molar-refractivity contribution is 6.30. The summed E-state index contributed by atoms with van der Waals surface area (Å²) in [5.41, 5.74) is 3.41. The molecule has 0 spiro atoms. The molecule has 0 atom stereocenters. The van der Waals surface area contributed by atoms with Gasteiger partial charge in [-0.25, -0.2) is 0 Å². The molecule has 142 valence electrons. The van der Waals surface area contributed by atoms with E-state index >= 15 is 0 Å². The summed E-state index contributed by atoms with van der Waals surface area (Å²) in [7, 11) is 0. The predicted molar refractivity (Wildman–Crippen MR) is 114 cm³/mol. The Labute approximate surface area is 169 Å². The first-order valence-corrected chi connectivity index (χ1v) is 9.44. The zero-order valence-electron chi connectivity index (χ0n) is 15.3. The van der Waals surface area contributed by atoms with Crippen LogP contribution < -0.4 is 10.6 Å². The third-order valence-corrected chi connectivity index (χ3v) is 4.47. The van der Waals surface area contributed by atoms with Crippen molar-refractivity contribution in [1.29, 1.82) is 0 Å². The Hall–Kier alpha value is -3.11. The first-order chi connectivity index (χ1) is 13.6. The summed E-state index contributed by atoms with van der Waals surface area (Å²) < 4.78 is 0. The maximum Gasteiger partial charge on any atom is 0.228 e. The molecule has 0 radical (unpaired) electrons. The van der Waals surface area contributed by atoms with E-state index in [0.29, 0.717) is 29.2 Å².